The predicted molar refractivity (Wildman–Crippen MR) is 96.1 cm³/mol. The molecule has 2 heterocycles. The molecule has 1 aromatic carbocycles. The average Bonchev–Trinajstić information content (AvgIpc) is 3.09. The van der Waals surface area contributed by atoms with Gasteiger partial charge in [0.1, 0.15) is 0 Å². The number of ether oxygens (including phenoxy) is 2. The molecule has 1 spiro atoms. The molecule has 136 valence electrons. The molecule has 1 amide bonds. The number of carbonyl (C=O) groups excluding carboxylic acids is 1. The van der Waals surface area contributed by atoms with E-state index in [-0.39, 0.29) is 17.9 Å². The molecule has 0 aromatic heterocycles. The second-order valence-corrected chi connectivity index (χ2v) is 8.12. The van der Waals surface area contributed by atoms with Crippen LogP contribution in [0, 0.1) is 11.8 Å². The summed E-state index contributed by atoms with van der Waals surface area (Å²) >= 11 is 0. The van der Waals surface area contributed by atoms with Gasteiger partial charge >= 0.3 is 0 Å². The number of likely N-dealkylation sites (tertiary alicyclic amines) is 1. The zero-order valence-electron chi connectivity index (χ0n) is 15.5. The molecular formula is C21H29NO3. The Labute approximate surface area is 150 Å². The van der Waals surface area contributed by atoms with Crippen molar-refractivity contribution in [2.45, 2.75) is 57.3 Å². The highest BCUT2D eigenvalue weighted by atomic mass is 16.7. The molecule has 3 atom stereocenters. The van der Waals surface area contributed by atoms with Crippen LogP contribution in [0.25, 0.3) is 0 Å². The topological polar surface area (TPSA) is 38.8 Å². The summed E-state index contributed by atoms with van der Waals surface area (Å²) in [6.07, 6.45) is 2.60. The van der Waals surface area contributed by atoms with Crippen LogP contribution in [0.4, 0.5) is 0 Å². The molecule has 1 aliphatic carbocycles. The van der Waals surface area contributed by atoms with Crippen LogP contribution in [0.15, 0.2) is 30.3 Å². The lowest BCUT2D eigenvalue weighted by molar-refractivity contribution is -0.239. The second-order valence-electron chi connectivity index (χ2n) is 8.12. The highest BCUT2D eigenvalue weighted by molar-refractivity contribution is 5.90. The number of benzene rings is 1. The van der Waals surface area contributed by atoms with E-state index in [1.54, 1.807) is 0 Å². The zero-order valence-corrected chi connectivity index (χ0v) is 15.5. The number of hydrogen-bond acceptors (Lipinski definition) is 3. The summed E-state index contributed by atoms with van der Waals surface area (Å²) in [7, 11) is 0. The molecule has 4 heteroatoms. The van der Waals surface area contributed by atoms with Crippen molar-refractivity contribution in [3.8, 4) is 0 Å². The first-order chi connectivity index (χ1) is 12.0. The summed E-state index contributed by atoms with van der Waals surface area (Å²) in [4.78, 5) is 15.8. The standard InChI is InChI=1S/C21H29NO3/c1-15(2)22-12-9-18-16(3)21(24-13-14-25-21)11-10-20(18,19(22)23)17-7-5-4-6-8-17/h4-8,15-16,18H,9-14H2,1-3H3/t16-,18-,20?/m0/s1. The van der Waals surface area contributed by atoms with Crippen LogP contribution < -0.4 is 0 Å². The van der Waals surface area contributed by atoms with Gasteiger partial charge in [0.15, 0.2) is 5.79 Å². The minimum atomic E-state index is -0.483. The van der Waals surface area contributed by atoms with Crippen LogP contribution in [-0.4, -0.2) is 42.4 Å². The van der Waals surface area contributed by atoms with Crippen LogP contribution in [0.1, 0.15) is 45.6 Å². The van der Waals surface area contributed by atoms with Gasteiger partial charge in [-0.05, 0) is 38.2 Å². The van der Waals surface area contributed by atoms with E-state index in [1.165, 1.54) is 0 Å². The lowest BCUT2D eigenvalue weighted by Gasteiger charge is -2.57. The molecular weight excluding hydrogens is 314 g/mol. The quantitative estimate of drug-likeness (QED) is 0.826. The summed E-state index contributed by atoms with van der Waals surface area (Å²) in [5.41, 5.74) is 0.721. The Morgan fingerprint density at radius 3 is 2.44 bits per heavy atom. The van der Waals surface area contributed by atoms with Gasteiger partial charge in [-0.15, -0.1) is 0 Å². The SMILES string of the molecule is CC(C)N1CC[C@H]2[C@H](C)C3(CCC2(c2ccccc2)C1=O)OCCO3. The highest BCUT2D eigenvalue weighted by Gasteiger charge is 2.62. The molecule has 25 heavy (non-hydrogen) atoms. The van der Waals surface area contributed by atoms with E-state index in [2.05, 4.69) is 49.9 Å². The summed E-state index contributed by atoms with van der Waals surface area (Å²) in [6.45, 7) is 8.63. The normalized spacial score (nSPS) is 34.6. The minimum absolute atomic E-state index is 0.210. The molecule has 3 fully saturated rings. The highest BCUT2D eigenvalue weighted by Crippen LogP contribution is 2.56. The van der Waals surface area contributed by atoms with Gasteiger partial charge in [-0.25, -0.2) is 0 Å². The molecule has 4 nitrogen and oxygen atoms in total. The maximum Gasteiger partial charge on any atom is 0.233 e. The Bertz CT molecular complexity index is 638. The van der Waals surface area contributed by atoms with E-state index in [4.69, 9.17) is 9.47 Å². The summed E-state index contributed by atoms with van der Waals surface area (Å²) < 4.78 is 12.2. The van der Waals surface area contributed by atoms with Crippen molar-refractivity contribution in [1.29, 1.82) is 0 Å². The number of amides is 1. The molecule has 0 bridgehead atoms. The Kier molecular flexibility index (Phi) is 4.16. The molecule has 2 saturated heterocycles. The van der Waals surface area contributed by atoms with Crippen molar-refractivity contribution < 1.29 is 14.3 Å². The summed E-state index contributed by atoms with van der Waals surface area (Å²) in [6, 6.07) is 10.6. The molecule has 1 aromatic rings. The minimum Gasteiger partial charge on any atom is -0.347 e. The van der Waals surface area contributed by atoms with Crippen LogP contribution in [0.2, 0.25) is 0 Å². The van der Waals surface area contributed by atoms with E-state index in [0.717, 1.165) is 31.4 Å². The van der Waals surface area contributed by atoms with Gasteiger partial charge in [-0.1, -0.05) is 37.3 Å². The van der Waals surface area contributed by atoms with E-state index >= 15 is 0 Å². The fourth-order valence-corrected chi connectivity index (χ4v) is 5.50. The average molecular weight is 343 g/mol. The van der Waals surface area contributed by atoms with E-state index in [0.29, 0.717) is 19.1 Å². The fraction of sp³-hybridized carbons (Fsp3) is 0.667. The molecule has 2 aliphatic heterocycles. The summed E-state index contributed by atoms with van der Waals surface area (Å²) in [5, 5.41) is 0. The zero-order chi connectivity index (χ0) is 17.7. The van der Waals surface area contributed by atoms with Gasteiger partial charge in [0.25, 0.3) is 0 Å². The van der Waals surface area contributed by atoms with Crippen LogP contribution >= 0.6 is 0 Å². The maximum atomic E-state index is 13.7. The number of rotatable bonds is 2. The Balaban J connectivity index is 1.80. The lowest BCUT2D eigenvalue weighted by atomic mass is 9.54. The Morgan fingerprint density at radius 1 is 1.12 bits per heavy atom. The number of carbonyl (C=O) groups is 1. The van der Waals surface area contributed by atoms with Crippen LogP contribution in [-0.2, 0) is 19.7 Å². The van der Waals surface area contributed by atoms with Gasteiger partial charge in [-0.3, -0.25) is 4.79 Å². The van der Waals surface area contributed by atoms with Gasteiger partial charge in [0.2, 0.25) is 5.91 Å². The van der Waals surface area contributed by atoms with E-state index in [9.17, 15) is 4.79 Å². The van der Waals surface area contributed by atoms with Crippen molar-refractivity contribution in [2.75, 3.05) is 19.8 Å². The van der Waals surface area contributed by atoms with E-state index in [1.807, 2.05) is 6.07 Å². The van der Waals surface area contributed by atoms with Crippen molar-refractivity contribution in [2.24, 2.45) is 11.8 Å². The van der Waals surface area contributed by atoms with Crippen LogP contribution in [0.5, 0.6) is 0 Å². The molecule has 1 saturated carbocycles. The summed E-state index contributed by atoms with van der Waals surface area (Å²) in [5.74, 6) is 0.277. The first kappa shape index (κ1) is 17.0. The number of fused-ring (bicyclic) bond motifs is 1. The first-order valence-electron chi connectivity index (χ1n) is 9.66. The van der Waals surface area contributed by atoms with Gasteiger partial charge < -0.3 is 14.4 Å². The molecule has 3 aliphatic rings. The van der Waals surface area contributed by atoms with Crippen molar-refractivity contribution in [3.63, 3.8) is 0 Å². The number of hydrogen-bond donors (Lipinski definition) is 0. The molecule has 0 N–H and O–H groups in total. The van der Waals surface area contributed by atoms with Gasteiger partial charge in [-0.2, -0.15) is 0 Å². The Morgan fingerprint density at radius 2 is 1.80 bits per heavy atom. The predicted octanol–water partition coefficient (Wildman–Crippen LogP) is 3.35. The third kappa shape index (κ3) is 2.37. The molecule has 4 rings (SSSR count). The van der Waals surface area contributed by atoms with Gasteiger partial charge in [0, 0.05) is 24.9 Å². The van der Waals surface area contributed by atoms with E-state index < -0.39 is 11.2 Å². The third-order valence-electron chi connectivity index (χ3n) is 6.81. The number of piperidine rings is 1. The van der Waals surface area contributed by atoms with Crippen molar-refractivity contribution in [1.82, 2.24) is 4.90 Å². The maximum absolute atomic E-state index is 13.7. The number of nitrogens with zero attached hydrogens (tertiary/aromatic N) is 1. The second kappa shape index (κ2) is 6.10. The third-order valence-corrected chi connectivity index (χ3v) is 6.81. The van der Waals surface area contributed by atoms with Crippen molar-refractivity contribution >= 4 is 5.91 Å². The monoisotopic (exact) mass is 343 g/mol. The Hall–Kier alpha value is -1.39. The van der Waals surface area contributed by atoms with Crippen LogP contribution in [0.3, 0.4) is 0 Å². The lowest BCUT2D eigenvalue weighted by Crippen LogP contribution is -2.65. The first-order valence-corrected chi connectivity index (χ1v) is 9.66. The van der Waals surface area contributed by atoms with Gasteiger partial charge in [0.05, 0.1) is 18.6 Å². The van der Waals surface area contributed by atoms with Crippen molar-refractivity contribution in [3.05, 3.63) is 35.9 Å². The molecule has 1 unspecified atom stereocenters. The largest absolute Gasteiger partial charge is 0.347 e. The fourth-order valence-electron chi connectivity index (χ4n) is 5.50. The smallest absolute Gasteiger partial charge is 0.233 e. The molecule has 0 radical (unpaired) electrons.